The summed E-state index contributed by atoms with van der Waals surface area (Å²) in [5.41, 5.74) is 0.227. The lowest BCUT2D eigenvalue weighted by Crippen LogP contribution is -2.27. The molecule has 0 bridgehead atoms. The first-order valence-corrected chi connectivity index (χ1v) is 6.60. The third kappa shape index (κ3) is 5.17. The minimum atomic E-state index is -4.25. The van der Waals surface area contributed by atoms with E-state index in [1.807, 2.05) is 6.08 Å². The second-order valence-corrected chi connectivity index (χ2v) is 4.95. The number of hydrogen-bond donors (Lipinski definition) is 1. The van der Waals surface area contributed by atoms with Gasteiger partial charge in [0.15, 0.2) is 0 Å². The quantitative estimate of drug-likeness (QED) is 0.865. The molecule has 0 atom stereocenters. The molecular weight excluding hydrogens is 287 g/mol. The van der Waals surface area contributed by atoms with Crippen molar-refractivity contribution in [3.05, 3.63) is 41.5 Å². The maximum Gasteiger partial charge on any atom is 0.416 e. The second-order valence-electron chi connectivity index (χ2n) is 4.95. The molecule has 1 aliphatic rings. The highest BCUT2D eigenvalue weighted by Gasteiger charge is 2.29. The minimum Gasteiger partial charge on any atom is -0.317 e. The number of hydrogen-bond acceptors (Lipinski definition) is 1. The number of halogens is 4. The van der Waals surface area contributed by atoms with E-state index in [9.17, 15) is 13.2 Å². The Balaban J connectivity index is 0.00000200. The average Bonchev–Trinajstić information content (AvgIpc) is 2.39. The smallest absolute Gasteiger partial charge is 0.317 e. The number of rotatable bonds is 3. The van der Waals surface area contributed by atoms with Crippen LogP contribution in [0.4, 0.5) is 13.2 Å². The van der Waals surface area contributed by atoms with Crippen molar-refractivity contribution in [1.82, 2.24) is 5.32 Å². The predicted octanol–water partition coefficient (Wildman–Crippen LogP) is 4.53. The molecule has 0 amide bonds. The van der Waals surface area contributed by atoms with Crippen LogP contribution in [-0.2, 0) is 6.18 Å². The molecule has 0 saturated carbocycles. The highest BCUT2D eigenvalue weighted by molar-refractivity contribution is 5.85. The van der Waals surface area contributed by atoms with Crippen molar-refractivity contribution >= 4 is 18.5 Å². The molecule has 112 valence electrons. The molecule has 1 aromatic rings. The van der Waals surface area contributed by atoms with E-state index >= 15 is 0 Å². The Hall–Kier alpha value is -1.00. The SMILES string of the molecule is Cl.FC(F)(F)c1ccc(/C=C/CC2CCNCC2)cc1. The fraction of sp³-hybridized carbons (Fsp3) is 0.467. The van der Waals surface area contributed by atoms with Crippen molar-refractivity contribution in [1.29, 1.82) is 0 Å². The molecule has 0 unspecified atom stereocenters. The summed E-state index contributed by atoms with van der Waals surface area (Å²) in [6.07, 6.45) is 3.08. The Morgan fingerprint density at radius 1 is 1.10 bits per heavy atom. The average molecular weight is 306 g/mol. The van der Waals surface area contributed by atoms with E-state index < -0.39 is 11.7 Å². The first-order valence-electron chi connectivity index (χ1n) is 6.60. The van der Waals surface area contributed by atoms with Gasteiger partial charge in [-0.05, 0) is 56.0 Å². The fourth-order valence-electron chi connectivity index (χ4n) is 2.30. The molecular formula is C15H19ClF3N. The molecule has 1 aromatic carbocycles. The molecule has 1 N–H and O–H groups in total. The summed E-state index contributed by atoms with van der Waals surface area (Å²) in [6.45, 7) is 2.14. The fourth-order valence-corrected chi connectivity index (χ4v) is 2.30. The summed E-state index contributed by atoms with van der Waals surface area (Å²) in [5.74, 6) is 0.701. The van der Waals surface area contributed by atoms with Gasteiger partial charge in [-0.25, -0.2) is 0 Å². The Labute approximate surface area is 123 Å². The maximum absolute atomic E-state index is 12.4. The van der Waals surface area contributed by atoms with Gasteiger partial charge in [0.1, 0.15) is 0 Å². The summed E-state index contributed by atoms with van der Waals surface area (Å²) in [7, 11) is 0. The van der Waals surface area contributed by atoms with Crippen LogP contribution in [0.15, 0.2) is 30.3 Å². The number of allylic oxidation sites excluding steroid dienone is 1. The molecule has 2 rings (SSSR count). The summed E-state index contributed by atoms with van der Waals surface area (Å²) >= 11 is 0. The molecule has 1 saturated heterocycles. The van der Waals surface area contributed by atoms with Crippen LogP contribution in [0.5, 0.6) is 0 Å². The van der Waals surface area contributed by atoms with E-state index in [0.717, 1.165) is 37.2 Å². The number of alkyl halides is 3. The normalized spacial score (nSPS) is 17.1. The number of piperidine rings is 1. The van der Waals surface area contributed by atoms with Crippen LogP contribution in [0.2, 0.25) is 0 Å². The van der Waals surface area contributed by atoms with E-state index in [4.69, 9.17) is 0 Å². The molecule has 0 spiro atoms. The van der Waals surface area contributed by atoms with E-state index in [-0.39, 0.29) is 12.4 Å². The van der Waals surface area contributed by atoms with Crippen LogP contribution >= 0.6 is 12.4 Å². The molecule has 0 aliphatic carbocycles. The van der Waals surface area contributed by atoms with Gasteiger partial charge in [-0.3, -0.25) is 0 Å². The van der Waals surface area contributed by atoms with Gasteiger partial charge in [0.2, 0.25) is 0 Å². The van der Waals surface area contributed by atoms with Gasteiger partial charge in [-0.1, -0.05) is 24.3 Å². The zero-order valence-electron chi connectivity index (χ0n) is 11.1. The van der Waals surface area contributed by atoms with Crippen molar-refractivity contribution in [2.24, 2.45) is 5.92 Å². The van der Waals surface area contributed by atoms with Crippen LogP contribution in [0, 0.1) is 5.92 Å². The molecule has 0 aromatic heterocycles. The van der Waals surface area contributed by atoms with Gasteiger partial charge in [-0.2, -0.15) is 13.2 Å². The lowest BCUT2D eigenvalue weighted by atomic mass is 9.94. The monoisotopic (exact) mass is 305 g/mol. The van der Waals surface area contributed by atoms with Gasteiger partial charge >= 0.3 is 6.18 Å². The zero-order chi connectivity index (χ0) is 13.7. The highest BCUT2D eigenvalue weighted by atomic mass is 35.5. The Morgan fingerprint density at radius 3 is 2.25 bits per heavy atom. The largest absolute Gasteiger partial charge is 0.416 e. The lowest BCUT2D eigenvalue weighted by molar-refractivity contribution is -0.137. The van der Waals surface area contributed by atoms with Gasteiger partial charge in [0.05, 0.1) is 5.56 Å². The Bertz CT molecular complexity index is 420. The van der Waals surface area contributed by atoms with Crippen LogP contribution in [0.25, 0.3) is 6.08 Å². The summed E-state index contributed by atoms with van der Waals surface area (Å²) in [4.78, 5) is 0. The molecule has 1 heterocycles. The summed E-state index contributed by atoms with van der Waals surface area (Å²) < 4.78 is 37.2. The molecule has 1 fully saturated rings. The third-order valence-corrected chi connectivity index (χ3v) is 3.48. The molecule has 20 heavy (non-hydrogen) atoms. The van der Waals surface area contributed by atoms with E-state index in [0.29, 0.717) is 5.92 Å². The van der Waals surface area contributed by atoms with Gasteiger partial charge in [0.25, 0.3) is 0 Å². The first-order chi connectivity index (χ1) is 9.05. The van der Waals surface area contributed by atoms with Crippen molar-refractivity contribution in [3.63, 3.8) is 0 Å². The Morgan fingerprint density at radius 2 is 1.70 bits per heavy atom. The first kappa shape index (κ1) is 17.1. The van der Waals surface area contributed by atoms with Crippen molar-refractivity contribution in [3.8, 4) is 0 Å². The minimum absolute atomic E-state index is 0. The molecule has 1 aliphatic heterocycles. The van der Waals surface area contributed by atoms with Crippen molar-refractivity contribution in [2.45, 2.75) is 25.4 Å². The molecule has 5 heteroatoms. The zero-order valence-corrected chi connectivity index (χ0v) is 11.9. The topological polar surface area (TPSA) is 12.0 Å². The van der Waals surface area contributed by atoms with Crippen LogP contribution in [0.1, 0.15) is 30.4 Å². The van der Waals surface area contributed by atoms with Crippen molar-refractivity contribution in [2.75, 3.05) is 13.1 Å². The molecule has 0 radical (unpaired) electrons. The summed E-state index contributed by atoms with van der Waals surface area (Å²) in [5, 5.41) is 3.31. The van der Waals surface area contributed by atoms with Gasteiger partial charge in [0, 0.05) is 0 Å². The number of benzene rings is 1. The molecule has 1 nitrogen and oxygen atoms in total. The lowest BCUT2D eigenvalue weighted by Gasteiger charge is -2.20. The van der Waals surface area contributed by atoms with Crippen LogP contribution in [0.3, 0.4) is 0 Å². The van der Waals surface area contributed by atoms with Crippen LogP contribution in [-0.4, -0.2) is 13.1 Å². The van der Waals surface area contributed by atoms with E-state index in [1.54, 1.807) is 0 Å². The van der Waals surface area contributed by atoms with Crippen LogP contribution < -0.4 is 5.32 Å². The standard InChI is InChI=1S/C15H18F3N.ClH/c16-15(17,18)14-6-4-12(5-7-14)2-1-3-13-8-10-19-11-9-13;/h1-2,4-7,13,19H,3,8-11H2;1H/b2-1+;. The van der Waals surface area contributed by atoms with Gasteiger partial charge < -0.3 is 5.32 Å². The third-order valence-electron chi connectivity index (χ3n) is 3.48. The predicted molar refractivity (Wildman–Crippen MR) is 77.9 cm³/mol. The van der Waals surface area contributed by atoms with E-state index in [1.165, 1.54) is 25.0 Å². The van der Waals surface area contributed by atoms with E-state index in [2.05, 4.69) is 11.4 Å². The maximum atomic E-state index is 12.4. The Kier molecular flexibility index (Phi) is 6.56. The second kappa shape index (κ2) is 7.70. The summed E-state index contributed by atoms with van der Waals surface area (Å²) in [6, 6.07) is 5.29. The van der Waals surface area contributed by atoms with Crippen molar-refractivity contribution < 1.29 is 13.2 Å². The highest BCUT2D eigenvalue weighted by Crippen LogP contribution is 2.29. The van der Waals surface area contributed by atoms with Gasteiger partial charge in [-0.15, -0.1) is 12.4 Å². The number of nitrogens with one attached hydrogen (secondary N) is 1.